The molecule has 5 rings (SSSR count). The molecule has 0 spiro atoms. The predicted octanol–water partition coefficient (Wildman–Crippen LogP) is 2.96. The monoisotopic (exact) mass is 484 g/mol. The zero-order chi connectivity index (χ0) is 23.2. The number of fused-ring (bicyclic) bond motifs is 2. The first-order valence-electron chi connectivity index (χ1n) is 9.64. The number of benzene rings is 2. The zero-order valence-corrected chi connectivity index (χ0v) is 18.5. The molecule has 0 radical (unpaired) electrons. The van der Waals surface area contributed by atoms with E-state index in [4.69, 9.17) is 9.15 Å². The lowest BCUT2D eigenvalue weighted by molar-refractivity contribution is -0.121. The lowest BCUT2D eigenvalue weighted by Gasteiger charge is -2.28. The molecule has 0 bridgehead atoms. The summed E-state index contributed by atoms with van der Waals surface area (Å²) in [5.41, 5.74) is 2.36. The van der Waals surface area contributed by atoms with Gasteiger partial charge in [0, 0.05) is 23.6 Å². The Morgan fingerprint density at radius 2 is 2.09 bits per heavy atom. The molecule has 0 aliphatic carbocycles. The highest BCUT2D eigenvalue weighted by Gasteiger charge is 2.25. The minimum absolute atomic E-state index is 0.0409. The van der Waals surface area contributed by atoms with E-state index in [2.05, 4.69) is 21.3 Å². The van der Waals surface area contributed by atoms with Gasteiger partial charge < -0.3 is 14.1 Å². The van der Waals surface area contributed by atoms with Crippen molar-refractivity contribution in [3.63, 3.8) is 0 Å². The summed E-state index contributed by atoms with van der Waals surface area (Å²) in [5.74, 6) is -0.273. The quantitative estimate of drug-likeness (QED) is 0.402. The van der Waals surface area contributed by atoms with Crippen molar-refractivity contribution in [3.05, 3.63) is 65.0 Å². The minimum Gasteiger partial charge on any atom is -0.482 e. The largest absolute Gasteiger partial charge is 0.482 e. The molecule has 1 aliphatic heterocycles. The van der Waals surface area contributed by atoms with Gasteiger partial charge in [-0.05, 0) is 30.3 Å². The third kappa shape index (κ3) is 3.90. The number of anilines is 2. The van der Waals surface area contributed by atoms with Gasteiger partial charge in [-0.3, -0.25) is 14.5 Å². The molecule has 168 valence electrons. The number of carbonyl (C=O) groups excluding carboxylic acids is 1. The summed E-state index contributed by atoms with van der Waals surface area (Å²) in [4.78, 5) is 31.9. The Balaban J connectivity index is 1.43. The maximum absolute atomic E-state index is 12.8. The van der Waals surface area contributed by atoms with Crippen LogP contribution in [0.1, 0.15) is 0 Å². The smallest absolute Gasteiger partial charge is 0.417 e. The molecular weight excluding hydrogens is 468 g/mol. The fraction of sp³-hybridized carbons (Fsp3) is 0.0952. The molecule has 33 heavy (non-hydrogen) atoms. The first-order valence-corrected chi connectivity index (χ1v) is 12.0. The Bertz CT molecular complexity index is 1570. The molecule has 1 aliphatic rings. The molecule has 2 aromatic carbocycles. The Labute approximate surface area is 191 Å². The summed E-state index contributed by atoms with van der Waals surface area (Å²) < 4.78 is 38.5. The number of H-pyrrole nitrogens is 1. The molecule has 10 nitrogen and oxygen atoms in total. The highest BCUT2D eigenvalue weighted by atomic mass is 32.2. The van der Waals surface area contributed by atoms with Gasteiger partial charge in [-0.2, -0.15) is 0 Å². The molecule has 2 aromatic heterocycles. The van der Waals surface area contributed by atoms with Crippen LogP contribution in [0, 0.1) is 0 Å². The molecular formula is C21H16N4O6S2. The summed E-state index contributed by atoms with van der Waals surface area (Å²) in [5, 5.41) is 1.87. The molecule has 2 N–H and O–H groups in total. The molecule has 0 saturated heterocycles. The number of oxazole rings is 1. The van der Waals surface area contributed by atoms with Gasteiger partial charge in [0.1, 0.15) is 5.75 Å². The normalized spacial score (nSPS) is 13.6. The maximum atomic E-state index is 12.8. The number of aromatic amines is 1. The minimum atomic E-state index is -3.96. The number of thiazole rings is 1. The molecule has 4 aromatic rings. The van der Waals surface area contributed by atoms with Crippen molar-refractivity contribution in [3.8, 4) is 17.0 Å². The zero-order valence-electron chi connectivity index (χ0n) is 16.9. The van der Waals surface area contributed by atoms with Gasteiger partial charge in [-0.15, -0.1) is 17.9 Å². The lowest BCUT2D eigenvalue weighted by atomic mass is 10.1. The maximum Gasteiger partial charge on any atom is 0.417 e. The van der Waals surface area contributed by atoms with Crippen LogP contribution in [0.5, 0.6) is 5.75 Å². The number of hydrogen-bond acceptors (Lipinski definition) is 8. The second kappa shape index (κ2) is 7.90. The van der Waals surface area contributed by atoms with Gasteiger partial charge in [0.25, 0.3) is 15.9 Å². The van der Waals surface area contributed by atoms with E-state index in [1.165, 1.54) is 18.2 Å². The van der Waals surface area contributed by atoms with Crippen LogP contribution in [0.15, 0.2) is 68.5 Å². The number of hydrogen-bond donors (Lipinski definition) is 2. The standard InChI is InChI=1S/C21H16N4O6S2/c1-2-7-25-16-8-12(3-6-17(16)30-10-19(25)26)15-11-32-20(22-15)24-33(28,29)13-4-5-14-18(9-13)31-21(27)23-14/h2-6,8-9,11H,1,7,10H2,(H,22,24)(H,23,27). The number of amides is 1. The highest BCUT2D eigenvalue weighted by Crippen LogP contribution is 2.37. The number of carbonyl (C=O) groups is 1. The van der Waals surface area contributed by atoms with Crippen LogP contribution in [0.3, 0.4) is 0 Å². The van der Waals surface area contributed by atoms with Crippen LogP contribution in [0.2, 0.25) is 0 Å². The van der Waals surface area contributed by atoms with Crippen LogP contribution in [0.4, 0.5) is 10.8 Å². The Hall–Kier alpha value is -3.90. The first-order chi connectivity index (χ1) is 15.8. The number of nitrogens with one attached hydrogen (secondary N) is 2. The van der Waals surface area contributed by atoms with Crippen molar-refractivity contribution in [1.29, 1.82) is 0 Å². The Kier molecular flexibility index (Phi) is 5.02. The number of ether oxygens (including phenoxy) is 1. The second-order valence-corrected chi connectivity index (χ2v) is 9.62. The lowest BCUT2D eigenvalue weighted by Crippen LogP contribution is -2.38. The third-order valence-electron chi connectivity index (χ3n) is 4.94. The second-order valence-electron chi connectivity index (χ2n) is 7.08. The van der Waals surface area contributed by atoms with E-state index in [-0.39, 0.29) is 28.1 Å². The fourth-order valence-electron chi connectivity index (χ4n) is 3.41. The molecule has 0 fully saturated rings. The van der Waals surface area contributed by atoms with Gasteiger partial charge in [0.15, 0.2) is 17.3 Å². The van der Waals surface area contributed by atoms with Crippen molar-refractivity contribution in [2.24, 2.45) is 0 Å². The van der Waals surface area contributed by atoms with E-state index < -0.39 is 15.8 Å². The molecule has 12 heteroatoms. The van der Waals surface area contributed by atoms with Crippen LogP contribution in [0.25, 0.3) is 22.4 Å². The first kappa shape index (κ1) is 21.0. The molecule has 0 saturated carbocycles. The highest BCUT2D eigenvalue weighted by molar-refractivity contribution is 7.93. The van der Waals surface area contributed by atoms with Gasteiger partial charge in [-0.25, -0.2) is 18.2 Å². The van der Waals surface area contributed by atoms with Crippen molar-refractivity contribution < 1.29 is 22.4 Å². The van der Waals surface area contributed by atoms with Crippen LogP contribution >= 0.6 is 11.3 Å². The van der Waals surface area contributed by atoms with Crippen molar-refractivity contribution in [2.45, 2.75) is 4.90 Å². The van der Waals surface area contributed by atoms with Gasteiger partial charge in [0.2, 0.25) is 0 Å². The van der Waals surface area contributed by atoms with Gasteiger partial charge in [-0.1, -0.05) is 6.08 Å². The summed E-state index contributed by atoms with van der Waals surface area (Å²) >= 11 is 1.11. The van der Waals surface area contributed by atoms with Crippen LogP contribution in [-0.4, -0.2) is 37.4 Å². The SMILES string of the molecule is C=CCN1C(=O)COc2ccc(-c3csc(NS(=O)(=O)c4ccc5[nH]c(=O)oc5c4)n3)cc21. The van der Waals surface area contributed by atoms with E-state index in [1.54, 1.807) is 34.6 Å². The number of rotatable bonds is 6. The Morgan fingerprint density at radius 1 is 1.24 bits per heavy atom. The van der Waals surface area contributed by atoms with Crippen molar-refractivity contribution in [1.82, 2.24) is 9.97 Å². The predicted molar refractivity (Wildman–Crippen MR) is 123 cm³/mol. The van der Waals surface area contributed by atoms with E-state index >= 15 is 0 Å². The Morgan fingerprint density at radius 3 is 2.91 bits per heavy atom. The number of sulfonamides is 1. The van der Waals surface area contributed by atoms with E-state index in [1.807, 2.05) is 0 Å². The number of aromatic nitrogens is 2. The van der Waals surface area contributed by atoms with E-state index in [0.29, 0.717) is 34.8 Å². The fourth-order valence-corrected chi connectivity index (χ4v) is 5.40. The molecule has 0 unspecified atom stereocenters. The summed E-state index contributed by atoms with van der Waals surface area (Å²) in [6.07, 6.45) is 1.63. The van der Waals surface area contributed by atoms with Gasteiger partial charge in [0.05, 0.1) is 21.8 Å². The molecule has 3 heterocycles. The summed E-state index contributed by atoms with van der Waals surface area (Å²) in [6, 6.07) is 9.38. The average molecular weight is 485 g/mol. The van der Waals surface area contributed by atoms with Gasteiger partial charge >= 0.3 is 5.76 Å². The number of nitrogens with zero attached hydrogens (tertiary/aromatic N) is 2. The van der Waals surface area contributed by atoms with Crippen molar-refractivity contribution >= 4 is 49.2 Å². The topological polar surface area (TPSA) is 135 Å². The molecule has 0 atom stereocenters. The molecule has 1 amide bonds. The summed E-state index contributed by atoms with van der Waals surface area (Å²) in [6.45, 7) is 3.99. The van der Waals surface area contributed by atoms with E-state index in [0.717, 1.165) is 11.3 Å². The summed E-state index contributed by atoms with van der Waals surface area (Å²) in [7, 11) is -3.96. The van der Waals surface area contributed by atoms with Crippen LogP contribution < -0.4 is 20.1 Å². The van der Waals surface area contributed by atoms with E-state index in [9.17, 15) is 18.0 Å². The third-order valence-corrected chi connectivity index (χ3v) is 7.16. The van der Waals surface area contributed by atoms with Crippen molar-refractivity contribution in [2.75, 3.05) is 22.8 Å². The average Bonchev–Trinajstić information content (AvgIpc) is 3.40. The van der Waals surface area contributed by atoms with Crippen LogP contribution in [-0.2, 0) is 14.8 Å².